The number of anilines is 1. The molecule has 0 atom stereocenters. The molecule has 0 saturated carbocycles. The summed E-state index contributed by atoms with van der Waals surface area (Å²) in [6.07, 6.45) is -0.782. The summed E-state index contributed by atoms with van der Waals surface area (Å²) in [6, 6.07) is 3.78. The first-order chi connectivity index (χ1) is 9.64. The molecule has 0 heterocycles. The third-order valence-corrected chi connectivity index (χ3v) is 2.31. The maximum Gasteiger partial charge on any atom is 0.412 e. The summed E-state index contributed by atoms with van der Waals surface area (Å²) >= 11 is 0. The maximum atomic E-state index is 11.7. The van der Waals surface area contributed by atoms with Crippen LogP contribution in [0.5, 0.6) is 0 Å². The van der Waals surface area contributed by atoms with Crippen LogP contribution in [0.1, 0.15) is 41.5 Å². The van der Waals surface area contributed by atoms with Crippen LogP contribution in [-0.4, -0.2) is 35.8 Å². The molecule has 0 radical (unpaired) electrons. The molecule has 1 rings (SSSR count). The molecule has 1 aromatic carbocycles. The molecule has 0 aliphatic carbocycles. The second kappa shape index (κ2) is 6.25. The first kappa shape index (κ1) is 16.5. The largest absolute Gasteiger partial charge is 0.478 e. The topological polar surface area (TPSA) is 102 Å². The smallest absolute Gasteiger partial charge is 0.412 e. The average molecular weight is 295 g/mol. The summed E-state index contributed by atoms with van der Waals surface area (Å²) in [4.78, 5) is 34.2. The van der Waals surface area contributed by atoms with E-state index in [0.717, 1.165) is 6.07 Å². The number of carboxylic acids is 1. The fraction of sp³-hybridized carbons (Fsp3) is 0.357. The minimum Gasteiger partial charge on any atom is -0.478 e. The average Bonchev–Trinajstić information content (AvgIpc) is 2.35. The minimum absolute atomic E-state index is 0.0319. The molecule has 0 saturated heterocycles. The fourth-order valence-electron chi connectivity index (χ4n) is 1.49. The molecule has 0 aliphatic rings. The Morgan fingerprint density at radius 3 is 2.29 bits per heavy atom. The Morgan fingerprint density at radius 2 is 1.81 bits per heavy atom. The molecule has 0 aromatic heterocycles. The zero-order chi connectivity index (χ0) is 16.2. The highest BCUT2D eigenvalue weighted by molar-refractivity contribution is 6.01. The lowest BCUT2D eigenvalue weighted by molar-refractivity contribution is 0.0599. The van der Waals surface area contributed by atoms with Crippen molar-refractivity contribution >= 4 is 23.7 Å². The van der Waals surface area contributed by atoms with Gasteiger partial charge in [-0.25, -0.2) is 14.4 Å². The van der Waals surface area contributed by atoms with E-state index in [9.17, 15) is 14.4 Å². The lowest BCUT2D eigenvalue weighted by Gasteiger charge is -2.20. The summed E-state index contributed by atoms with van der Waals surface area (Å²) in [6.45, 7) is 5.06. The Balaban J connectivity index is 3.05. The standard InChI is InChI=1S/C14H17NO6/c1-14(2,3)21-13(19)15-10-6-5-8(12(18)20-4)7-9(10)11(16)17/h5-7H,1-4H3,(H,15,19)(H,16,17). The molecule has 0 aliphatic heterocycles. The number of hydrogen-bond donors (Lipinski definition) is 2. The number of carbonyl (C=O) groups excluding carboxylic acids is 2. The number of nitrogens with one attached hydrogen (secondary N) is 1. The van der Waals surface area contributed by atoms with Gasteiger partial charge in [0.05, 0.1) is 23.9 Å². The highest BCUT2D eigenvalue weighted by Gasteiger charge is 2.20. The number of amides is 1. The van der Waals surface area contributed by atoms with Crippen molar-refractivity contribution in [3.8, 4) is 0 Å². The first-order valence-electron chi connectivity index (χ1n) is 6.09. The molecule has 0 unspecified atom stereocenters. The molecule has 0 spiro atoms. The number of aromatic carboxylic acids is 1. The van der Waals surface area contributed by atoms with E-state index in [4.69, 9.17) is 9.84 Å². The van der Waals surface area contributed by atoms with Crippen molar-refractivity contribution in [2.75, 3.05) is 12.4 Å². The van der Waals surface area contributed by atoms with Crippen LogP contribution in [0.4, 0.5) is 10.5 Å². The van der Waals surface area contributed by atoms with Crippen LogP contribution < -0.4 is 5.32 Å². The molecule has 1 aromatic rings. The zero-order valence-corrected chi connectivity index (χ0v) is 12.2. The van der Waals surface area contributed by atoms with Gasteiger partial charge in [0, 0.05) is 0 Å². The van der Waals surface area contributed by atoms with E-state index in [-0.39, 0.29) is 16.8 Å². The van der Waals surface area contributed by atoms with Crippen LogP contribution in [0.25, 0.3) is 0 Å². The predicted octanol–water partition coefficient (Wildman–Crippen LogP) is 2.52. The number of carboxylic acid groups (broad SMARTS) is 1. The normalized spacial score (nSPS) is 10.7. The molecule has 0 fully saturated rings. The van der Waals surface area contributed by atoms with Gasteiger partial charge in [-0.2, -0.15) is 0 Å². The second-order valence-corrected chi connectivity index (χ2v) is 5.18. The molecule has 0 bridgehead atoms. The van der Waals surface area contributed by atoms with E-state index < -0.39 is 23.6 Å². The molecule has 1 amide bonds. The van der Waals surface area contributed by atoms with Crippen molar-refractivity contribution < 1.29 is 29.0 Å². The van der Waals surface area contributed by atoms with Crippen LogP contribution in [0.15, 0.2) is 18.2 Å². The van der Waals surface area contributed by atoms with Gasteiger partial charge in [-0.05, 0) is 39.0 Å². The molecular formula is C14H17NO6. The van der Waals surface area contributed by atoms with Crippen molar-refractivity contribution in [2.24, 2.45) is 0 Å². The third kappa shape index (κ3) is 4.79. The van der Waals surface area contributed by atoms with Crippen molar-refractivity contribution in [2.45, 2.75) is 26.4 Å². The number of hydrogen-bond acceptors (Lipinski definition) is 5. The SMILES string of the molecule is COC(=O)c1ccc(NC(=O)OC(C)(C)C)c(C(=O)O)c1. The Bertz CT molecular complexity index is 573. The van der Waals surface area contributed by atoms with E-state index in [1.807, 2.05) is 0 Å². The van der Waals surface area contributed by atoms with Gasteiger partial charge >= 0.3 is 18.0 Å². The molecular weight excluding hydrogens is 278 g/mol. The summed E-state index contributed by atoms with van der Waals surface area (Å²) in [5, 5.41) is 11.5. The second-order valence-electron chi connectivity index (χ2n) is 5.18. The van der Waals surface area contributed by atoms with Crippen LogP contribution in [-0.2, 0) is 9.47 Å². The van der Waals surface area contributed by atoms with E-state index >= 15 is 0 Å². The number of ether oxygens (including phenoxy) is 2. The number of rotatable bonds is 3. The van der Waals surface area contributed by atoms with Crippen molar-refractivity contribution in [3.05, 3.63) is 29.3 Å². The van der Waals surface area contributed by atoms with Gasteiger partial charge in [0.15, 0.2) is 0 Å². The van der Waals surface area contributed by atoms with Gasteiger partial charge in [-0.3, -0.25) is 5.32 Å². The fourth-order valence-corrected chi connectivity index (χ4v) is 1.49. The van der Waals surface area contributed by atoms with Gasteiger partial charge in [-0.1, -0.05) is 0 Å². The molecule has 7 heteroatoms. The predicted molar refractivity (Wildman–Crippen MR) is 74.6 cm³/mol. The van der Waals surface area contributed by atoms with Gasteiger partial charge in [-0.15, -0.1) is 0 Å². The highest BCUT2D eigenvalue weighted by Crippen LogP contribution is 2.19. The van der Waals surface area contributed by atoms with Crippen molar-refractivity contribution in [3.63, 3.8) is 0 Å². The molecule has 7 nitrogen and oxygen atoms in total. The molecule has 114 valence electrons. The lowest BCUT2D eigenvalue weighted by Crippen LogP contribution is -2.27. The highest BCUT2D eigenvalue weighted by atomic mass is 16.6. The van der Waals surface area contributed by atoms with Crippen molar-refractivity contribution in [1.82, 2.24) is 0 Å². The van der Waals surface area contributed by atoms with Crippen LogP contribution >= 0.6 is 0 Å². The maximum absolute atomic E-state index is 11.7. The first-order valence-corrected chi connectivity index (χ1v) is 6.09. The summed E-state index contributed by atoms with van der Waals surface area (Å²) in [7, 11) is 1.19. The molecule has 21 heavy (non-hydrogen) atoms. The lowest BCUT2D eigenvalue weighted by atomic mass is 10.1. The van der Waals surface area contributed by atoms with E-state index in [2.05, 4.69) is 10.1 Å². The van der Waals surface area contributed by atoms with Gasteiger partial charge in [0.2, 0.25) is 0 Å². The van der Waals surface area contributed by atoms with Crippen LogP contribution in [0.3, 0.4) is 0 Å². The van der Waals surface area contributed by atoms with Crippen LogP contribution in [0, 0.1) is 0 Å². The summed E-state index contributed by atoms with van der Waals surface area (Å²) in [5.74, 6) is -1.95. The number of esters is 1. The van der Waals surface area contributed by atoms with E-state index in [1.54, 1.807) is 20.8 Å². The monoisotopic (exact) mass is 295 g/mol. The van der Waals surface area contributed by atoms with Gasteiger partial charge in [0.1, 0.15) is 5.60 Å². The van der Waals surface area contributed by atoms with E-state index in [1.165, 1.54) is 19.2 Å². The minimum atomic E-state index is -1.29. The van der Waals surface area contributed by atoms with Gasteiger partial charge in [0.25, 0.3) is 0 Å². The van der Waals surface area contributed by atoms with E-state index in [0.29, 0.717) is 0 Å². The van der Waals surface area contributed by atoms with Gasteiger partial charge < -0.3 is 14.6 Å². The Morgan fingerprint density at radius 1 is 1.19 bits per heavy atom. The number of benzene rings is 1. The third-order valence-electron chi connectivity index (χ3n) is 2.31. The Kier molecular flexibility index (Phi) is 4.91. The molecule has 2 N–H and O–H groups in total. The van der Waals surface area contributed by atoms with Crippen LogP contribution in [0.2, 0.25) is 0 Å². The number of carbonyl (C=O) groups is 3. The Labute approximate surface area is 121 Å². The number of methoxy groups -OCH3 is 1. The quantitative estimate of drug-likeness (QED) is 0.831. The zero-order valence-electron chi connectivity index (χ0n) is 12.2. The summed E-state index contributed by atoms with van der Waals surface area (Å²) in [5.41, 5.74) is -0.836. The summed E-state index contributed by atoms with van der Waals surface area (Å²) < 4.78 is 9.55. The Hall–Kier alpha value is -2.57. The van der Waals surface area contributed by atoms with Crippen molar-refractivity contribution in [1.29, 1.82) is 0 Å².